The van der Waals surface area contributed by atoms with E-state index in [4.69, 9.17) is 5.11 Å². The molecule has 0 aromatic heterocycles. The third-order valence-electron chi connectivity index (χ3n) is 3.60. The first-order valence-corrected chi connectivity index (χ1v) is 6.41. The molecule has 1 fully saturated rings. The molecule has 1 aromatic rings. The summed E-state index contributed by atoms with van der Waals surface area (Å²) in [5, 5.41) is 11.5. The van der Waals surface area contributed by atoms with Gasteiger partial charge in [0.2, 0.25) is 0 Å². The maximum atomic E-state index is 10.7. The minimum absolute atomic E-state index is 0.0416. The number of benzene rings is 1. The summed E-state index contributed by atoms with van der Waals surface area (Å²) in [4.78, 5) is 13.1. The Balaban J connectivity index is 1.93. The molecule has 0 aliphatic carbocycles. The highest BCUT2D eigenvalue weighted by Gasteiger charge is 2.27. The Labute approximate surface area is 108 Å². The highest BCUT2D eigenvalue weighted by molar-refractivity contribution is 5.64. The van der Waals surface area contributed by atoms with Gasteiger partial charge in [-0.05, 0) is 24.4 Å². The molecule has 0 unspecified atom stereocenters. The van der Waals surface area contributed by atoms with Crippen molar-refractivity contribution in [3.63, 3.8) is 0 Å². The number of nitrogens with zero attached hydrogens (tertiary/aromatic N) is 1. The van der Waals surface area contributed by atoms with Crippen molar-refractivity contribution in [3.8, 4) is 0 Å². The molecule has 1 amide bonds. The minimum atomic E-state index is -0.923. The highest BCUT2D eigenvalue weighted by Crippen LogP contribution is 2.19. The standard InChI is InChI=1S/C14H20N2O2/c1-11-7-8-16(10-13(11)15-14(17)18)9-12-5-3-2-4-6-12/h2-6,11,13,15H,7-10H2,1H3,(H,17,18)/t11-,13+/m1/s1. The van der Waals surface area contributed by atoms with E-state index in [9.17, 15) is 4.79 Å². The maximum absolute atomic E-state index is 10.7. The lowest BCUT2D eigenvalue weighted by Crippen LogP contribution is -2.51. The monoisotopic (exact) mass is 248 g/mol. The lowest BCUT2D eigenvalue weighted by Gasteiger charge is -2.36. The Morgan fingerprint density at radius 3 is 2.83 bits per heavy atom. The number of likely N-dealkylation sites (tertiary alicyclic amines) is 1. The zero-order valence-electron chi connectivity index (χ0n) is 10.7. The summed E-state index contributed by atoms with van der Waals surface area (Å²) in [5.74, 6) is 0.410. The van der Waals surface area contributed by atoms with Gasteiger partial charge in [0.05, 0.1) is 0 Å². The van der Waals surface area contributed by atoms with Crippen molar-refractivity contribution in [2.24, 2.45) is 5.92 Å². The zero-order chi connectivity index (χ0) is 13.0. The predicted molar refractivity (Wildman–Crippen MR) is 70.4 cm³/mol. The Morgan fingerprint density at radius 2 is 2.17 bits per heavy atom. The molecule has 98 valence electrons. The third kappa shape index (κ3) is 3.47. The molecule has 4 heteroatoms. The number of hydrogen-bond acceptors (Lipinski definition) is 2. The van der Waals surface area contributed by atoms with Crippen LogP contribution < -0.4 is 5.32 Å². The van der Waals surface area contributed by atoms with Crippen LogP contribution >= 0.6 is 0 Å². The molecule has 1 aliphatic heterocycles. The van der Waals surface area contributed by atoms with E-state index in [0.29, 0.717) is 5.92 Å². The summed E-state index contributed by atoms with van der Waals surface area (Å²) >= 11 is 0. The summed E-state index contributed by atoms with van der Waals surface area (Å²) in [6.07, 6.45) is 0.117. The van der Waals surface area contributed by atoms with Crippen molar-refractivity contribution in [3.05, 3.63) is 35.9 Å². The first kappa shape index (κ1) is 12.9. The number of carboxylic acid groups (broad SMARTS) is 1. The molecule has 1 heterocycles. The van der Waals surface area contributed by atoms with Crippen molar-refractivity contribution >= 4 is 6.09 Å². The molecule has 2 atom stereocenters. The van der Waals surface area contributed by atoms with Crippen LogP contribution in [0.25, 0.3) is 0 Å². The minimum Gasteiger partial charge on any atom is -0.465 e. The summed E-state index contributed by atoms with van der Waals surface area (Å²) in [7, 11) is 0. The fourth-order valence-electron chi connectivity index (χ4n) is 2.47. The first-order valence-electron chi connectivity index (χ1n) is 6.41. The Kier molecular flexibility index (Phi) is 4.20. The van der Waals surface area contributed by atoms with E-state index < -0.39 is 6.09 Å². The van der Waals surface area contributed by atoms with Gasteiger partial charge in [-0.2, -0.15) is 0 Å². The van der Waals surface area contributed by atoms with Crippen LogP contribution in [0.5, 0.6) is 0 Å². The Morgan fingerprint density at radius 1 is 1.44 bits per heavy atom. The predicted octanol–water partition coefficient (Wildman–Crippen LogP) is 2.16. The summed E-state index contributed by atoms with van der Waals surface area (Å²) in [6, 6.07) is 10.3. The Bertz CT molecular complexity index is 394. The van der Waals surface area contributed by atoms with E-state index in [1.807, 2.05) is 18.2 Å². The molecule has 18 heavy (non-hydrogen) atoms. The molecule has 0 spiro atoms. The SMILES string of the molecule is C[C@@H]1CCN(Cc2ccccc2)C[C@@H]1NC(=O)O. The molecule has 1 saturated heterocycles. The fraction of sp³-hybridized carbons (Fsp3) is 0.500. The molecule has 0 radical (unpaired) electrons. The van der Waals surface area contributed by atoms with E-state index in [1.165, 1.54) is 5.56 Å². The van der Waals surface area contributed by atoms with Gasteiger partial charge < -0.3 is 10.4 Å². The molecule has 0 bridgehead atoms. The van der Waals surface area contributed by atoms with Gasteiger partial charge in [-0.25, -0.2) is 4.79 Å². The van der Waals surface area contributed by atoms with Crippen LogP contribution in [0.15, 0.2) is 30.3 Å². The van der Waals surface area contributed by atoms with Gasteiger partial charge >= 0.3 is 6.09 Å². The molecule has 2 N–H and O–H groups in total. The normalized spacial score (nSPS) is 24.7. The van der Waals surface area contributed by atoms with Crippen LogP contribution in [0, 0.1) is 5.92 Å². The van der Waals surface area contributed by atoms with Crippen molar-refractivity contribution in [2.75, 3.05) is 13.1 Å². The van der Waals surface area contributed by atoms with Crippen LogP contribution in [0.2, 0.25) is 0 Å². The molecular formula is C14H20N2O2. The van der Waals surface area contributed by atoms with Crippen molar-refractivity contribution in [1.29, 1.82) is 0 Å². The lowest BCUT2D eigenvalue weighted by molar-refractivity contribution is 0.131. The van der Waals surface area contributed by atoms with Gasteiger partial charge in [0.25, 0.3) is 0 Å². The van der Waals surface area contributed by atoms with Gasteiger partial charge in [0, 0.05) is 19.1 Å². The van der Waals surface area contributed by atoms with Gasteiger partial charge in [-0.15, -0.1) is 0 Å². The number of hydrogen-bond donors (Lipinski definition) is 2. The molecular weight excluding hydrogens is 228 g/mol. The Hall–Kier alpha value is -1.55. The number of amides is 1. The van der Waals surface area contributed by atoms with Gasteiger partial charge in [0.1, 0.15) is 0 Å². The van der Waals surface area contributed by atoms with Gasteiger partial charge in [-0.1, -0.05) is 37.3 Å². The van der Waals surface area contributed by atoms with Crippen molar-refractivity contribution in [2.45, 2.75) is 25.9 Å². The lowest BCUT2D eigenvalue weighted by atomic mass is 9.93. The highest BCUT2D eigenvalue weighted by atomic mass is 16.4. The summed E-state index contributed by atoms with van der Waals surface area (Å²) in [5.41, 5.74) is 1.28. The molecule has 2 rings (SSSR count). The van der Waals surface area contributed by atoms with Gasteiger partial charge in [-0.3, -0.25) is 4.90 Å². The van der Waals surface area contributed by atoms with Crippen LogP contribution in [0.3, 0.4) is 0 Å². The maximum Gasteiger partial charge on any atom is 0.404 e. The van der Waals surface area contributed by atoms with E-state index >= 15 is 0 Å². The molecule has 4 nitrogen and oxygen atoms in total. The number of piperidine rings is 1. The quantitative estimate of drug-likeness (QED) is 0.862. The molecule has 1 aliphatic rings. The van der Waals surface area contributed by atoms with E-state index in [0.717, 1.165) is 26.1 Å². The van der Waals surface area contributed by atoms with E-state index in [1.54, 1.807) is 0 Å². The second-order valence-corrected chi connectivity index (χ2v) is 5.04. The zero-order valence-corrected chi connectivity index (χ0v) is 10.7. The smallest absolute Gasteiger partial charge is 0.404 e. The van der Waals surface area contributed by atoms with Crippen LogP contribution in [-0.4, -0.2) is 35.2 Å². The number of nitrogens with one attached hydrogen (secondary N) is 1. The van der Waals surface area contributed by atoms with Crippen LogP contribution in [0.1, 0.15) is 18.9 Å². The van der Waals surface area contributed by atoms with Gasteiger partial charge in [0.15, 0.2) is 0 Å². The van der Waals surface area contributed by atoms with Crippen molar-refractivity contribution in [1.82, 2.24) is 10.2 Å². The van der Waals surface area contributed by atoms with E-state index in [2.05, 4.69) is 29.3 Å². The molecule has 0 saturated carbocycles. The fourth-order valence-corrected chi connectivity index (χ4v) is 2.47. The average Bonchev–Trinajstić information content (AvgIpc) is 2.34. The van der Waals surface area contributed by atoms with E-state index in [-0.39, 0.29) is 6.04 Å². The topological polar surface area (TPSA) is 52.6 Å². The van der Waals surface area contributed by atoms with Crippen LogP contribution in [0.4, 0.5) is 4.79 Å². The second kappa shape index (κ2) is 5.87. The second-order valence-electron chi connectivity index (χ2n) is 5.04. The van der Waals surface area contributed by atoms with Crippen molar-refractivity contribution < 1.29 is 9.90 Å². The summed E-state index contributed by atoms with van der Waals surface area (Å²) in [6.45, 7) is 4.84. The third-order valence-corrected chi connectivity index (χ3v) is 3.60. The number of carbonyl (C=O) groups is 1. The first-order chi connectivity index (χ1) is 8.65. The largest absolute Gasteiger partial charge is 0.465 e. The van der Waals surface area contributed by atoms with Crippen LogP contribution in [-0.2, 0) is 6.54 Å². The average molecular weight is 248 g/mol. The number of rotatable bonds is 3. The summed E-state index contributed by atoms with van der Waals surface area (Å²) < 4.78 is 0. The molecule has 1 aromatic carbocycles.